The SMILES string of the molecule is CCC(C)NC(=NC)NCCc1nc(C(C)C)no1.I. The zero-order valence-electron chi connectivity index (χ0n) is 12.9. The van der Waals surface area contributed by atoms with Crippen LogP contribution in [0.4, 0.5) is 0 Å². The summed E-state index contributed by atoms with van der Waals surface area (Å²) in [6.07, 6.45) is 1.75. The Morgan fingerprint density at radius 2 is 2.05 bits per heavy atom. The van der Waals surface area contributed by atoms with Crippen molar-refractivity contribution in [3.8, 4) is 0 Å². The highest BCUT2D eigenvalue weighted by Gasteiger charge is 2.09. The second kappa shape index (κ2) is 9.95. The Kier molecular flexibility index (Phi) is 9.52. The van der Waals surface area contributed by atoms with E-state index < -0.39 is 0 Å². The molecule has 1 atom stereocenters. The lowest BCUT2D eigenvalue weighted by Gasteiger charge is -2.15. The molecule has 1 aromatic rings. The Morgan fingerprint density at radius 3 is 2.55 bits per heavy atom. The second-order valence-corrected chi connectivity index (χ2v) is 4.90. The van der Waals surface area contributed by atoms with Gasteiger partial charge in [0.15, 0.2) is 11.8 Å². The van der Waals surface area contributed by atoms with Crippen molar-refractivity contribution in [2.24, 2.45) is 4.99 Å². The van der Waals surface area contributed by atoms with Gasteiger partial charge < -0.3 is 15.2 Å². The minimum Gasteiger partial charge on any atom is -0.356 e. The van der Waals surface area contributed by atoms with E-state index in [9.17, 15) is 0 Å². The number of nitrogens with zero attached hydrogens (tertiary/aromatic N) is 3. The summed E-state index contributed by atoms with van der Waals surface area (Å²) < 4.78 is 5.18. The average Bonchev–Trinajstić information content (AvgIpc) is 2.86. The van der Waals surface area contributed by atoms with E-state index in [0.717, 1.165) is 24.7 Å². The normalized spacial score (nSPS) is 13.0. The van der Waals surface area contributed by atoms with E-state index >= 15 is 0 Å². The summed E-state index contributed by atoms with van der Waals surface area (Å²) in [6, 6.07) is 0.405. The lowest BCUT2D eigenvalue weighted by atomic mass is 10.2. The molecule has 0 spiro atoms. The van der Waals surface area contributed by atoms with Crippen molar-refractivity contribution in [1.29, 1.82) is 0 Å². The summed E-state index contributed by atoms with van der Waals surface area (Å²) in [5.74, 6) is 2.52. The van der Waals surface area contributed by atoms with Gasteiger partial charge in [0.2, 0.25) is 5.89 Å². The monoisotopic (exact) mass is 395 g/mol. The van der Waals surface area contributed by atoms with Crippen molar-refractivity contribution in [2.75, 3.05) is 13.6 Å². The van der Waals surface area contributed by atoms with E-state index in [2.05, 4.69) is 39.6 Å². The molecule has 1 unspecified atom stereocenters. The van der Waals surface area contributed by atoms with Crippen molar-refractivity contribution >= 4 is 29.9 Å². The van der Waals surface area contributed by atoms with Crippen LogP contribution in [0.15, 0.2) is 9.52 Å². The molecule has 7 heteroatoms. The van der Waals surface area contributed by atoms with E-state index in [0.29, 0.717) is 24.3 Å². The number of aliphatic imine (C=N–C) groups is 1. The molecule has 0 bridgehead atoms. The third-order valence-corrected chi connectivity index (χ3v) is 2.85. The molecule has 0 saturated heterocycles. The van der Waals surface area contributed by atoms with Crippen LogP contribution in [-0.4, -0.2) is 35.7 Å². The molecular weight excluding hydrogens is 369 g/mol. The van der Waals surface area contributed by atoms with Gasteiger partial charge in [0.05, 0.1) is 0 Å². The first-order valence-electron chi connectivity index (χ1n) is 6.86. The molecule has 1 heterocycles. The summed E-state index contributed by atoms with van der Waals surface area (Å²) in [7, 11) is 1.77. The van der Waals surface area contributed by atoms with Gasteiger partial charge in [0.25, 0.3) is 0 Å². The molecule has 0 radical (unpaired) electrons. The van der Waals surface area contributed by atoms with Gasteiger partial charge in [-0.25, -0.2) is 0 Å². The smallest absolute Gasteiger partial charge is 0.228 e. The van der Waals surface area contributed by atoms with Gasteiger partial charge in [0.1, 0.15) is 0 Å². The van der Waals surface area contributed by atoms with E-state index in [1.54, 1.807) is 7.05 Å². The Bertz CT molecular complexity index is 405. The maximum atomic E-state index is 5.18. The molecule has 0 aliphatic carbocycles. The molecule has 20 heavy (non-hydrogen) atoms. The van der Waals surface area contributed by atoms with Gasteiger partial charge in [-0.15, -0.1) is 24.0 Å². The Morgan fingerprint density at radius 1 is 1.35 bits per heavy atom. The summed E-state index contributed by atoms with van der Waals surface area (Å²) >= 11 is 0. The van der Waals surface area contributed by atoms with Crippen LogP contribution in [0.3, 0.4) is 0 Å². The fourth-order valence-electron chi connectivity index (χ4n) is 1.42. The second-order valence-electron chi connectivity index (χ2n) is 4.90. The van der Waals surface area contributed by atoms with Crippen molar-refractivity contribution in [3.63, 3.8) is 0 Å². The van der Waals surface area contributed by atoms with Crippen LogP contribution in [0.5, 0.6) is 0 Å². The summed E-state index contributed by atoms with van der Waals surface area (Å²) in [4.78, 5) is 8.50. The van der Waals surface area contributed by atoms with Gasteiger partial charge in [-0.1, -0.05) is 25.9 Å². The Labute approximate surface area is 138 Å². The number of hydrogen-bond donors (Lipinski definition) is 2. The number of hydrogen-bond acceptors (Lipinski definition) is 4. The first-order chi connectivity index (χ1) is 9.06. The van der Waals surface area contributed by atoms with Crippen molar-refractivity contribution < 1.29 is 4.52 Å². The standard InChI is InChI=1S/C13H25N5O.HI/c1-6-10(4)16-13(14-5)15-8-7-11-17-12(9(2)3)18-19-11;/h9-10H,6-8H2,1-5H3,(H2,14,15,16);1H. The highest BCUT2D eigenvalue weighted by atomic mass is 127. The molecule has 1 aromatic heterocycles. The average molecular weight is 395 g/mol. The molecule has 0 amide bonds. The summed E-state index contributed by atoms with van der Waals surface area (Å²) in [5, 5.41) is 10.5. The Balaban J connectivity index is 0.00000361. The topological polar surface area (TPSA) is 75.3 Å². The summed E-state index contributed by atoms with van der Waals surface area (Å²) in [6.45, 7) is 9.07. The lowest BCUT2D eigenvalue weighted by molar-refractivity contribution is 0.371. The zero-order chi connectivity index (χ0) is 14.3. The molecule has 0 saturated carbocycles. The lowest BCUT2D eigenvalue weighted by Crippen LogP contribution is -2.42. The van der Waals surface area contributed by atoms with Crippen LogP contribution in [0.1, 0.15) is 51.7 Å². The third-order valence-electron chi connectivity index (χ3n) is 2.85. The maximum Gasteiger partial charge on any atom is 0.228 e. The van der Waals surface area contributed by atoms with Gasteiger partial charge >= 0.3 is 0 Å². The molecular formula is C13H26IN5O. The quantitative estimate of drug-likeness (QED) is 0.439. The number of nitrogens with one attached hydrogen (secondary N) is 2. The first-order valence-corrected chi connectivity index (χ1v) is 6.86. The minimum absolute atomic E-state index is 0. The third kappa shape index (κ3) is 6.53. The van der Waals surface area contributed by atoms with Crippen LogP contribution >= 0.6 is 24.0 Å². The molecule has 0 aromatic carbocycles. The van der Waals surface area contributed by atoms with Crippen LogP contribution in [-0.2, 0) is 6.42 Å². The van der Waals surface area contributed by atoms with E-state index in [1.807, 2.05) is 13.8 Å². The van der Waals surface area contributed by atoms with E-state index in [4.69, 9.17) is 4.52 Å². The minimum atomic E-state index is 0. The number of halogens is 1. The highest BCUT2D eigenvalue weighted by Crippen LogP contribution is 2.09. The predicted molar refractivity (Wildman–Crippen MR) is 91.8 cm³/mol. The Hall–Kier alpha value is -0.860. The van der Waals surface area contributed by atoms with Gasteiger partial charge in [-0.05, 0) is 13.3 Å². The first kappa shape index (κ1) is 19.1. The fourth-order valence-corrected chi connectivity index (χ4v) is 1.42. The maximum absolute atomic E-state index is 5.18. The van der Waals surface area contributed by atoms with Crippen molar-refractivity contribution in [3.05, 3.63) is 11.7 Å². The van der Waals surface area contributed by atoms with E-state index in [1.165, 1.54) is 0 Å². The van der Waals surface area contributed by atoms with Crippen LogP contribution in [0.25, 0.3) is 0 Å². The molecule has 6 nitrogen and oxygen atoms in total. The van der Waals surface area contributed by atoms with Gasteiger partial charge in [-0.3, -0.25) is 4.99 Å². The molecule has 0 aliphatic heterocycles. The molecule has 116 valence electrons. The number of guanidine groups is 1. The van der Waals surface area contributed by atoms with Crippen LogP contribution < -0.4 is 10.6 Å². The predicted octanol–water partition coefficient (Wildman–Crippen LogP) is 2.32. The largest absolute Gasteiger partial charge is 0.356 e. The van der Waals surface area contributed by atoms with Crippen molar-refractivity contribution in [2.45, 2.75) is 52.5 Å². The van der Waals surface area contributed by atoms with Gasteiger partial charge in [-0.2, -0.15) is 4.98 Å². The summed E-state index contributed by atoms with van der Waals surface area (Å²) in [5.41, 5.74) is 0. The number of aromatic nitrogens is 2. The van der Waals surface area contributed by atoms with Crippen LogP contribution in [0.2, 0.25) is 0 Å². The van der Waals surface area contributed by atoms with Gasteiger partial charge in [0, 0.05) is 32.0 Å². The molecule has 2 N–H and O–H groups in total. The van der Waals surface area contributed by atoms with Crippen LogP contribution in [0, 0.1) is 0 Å². The number of rotatable bonds is 6. The fraction of sp³-hybridized carbons (Fsp3) is 0.769. The molecule has 0 fully saturated rings. The van der Waals surface area contributed by atoms with Crippen molar-refractivity contribution in [1.82, 2.24) is 20.8 Å². The molecule has 1 rings (SSSR count). The zero-order valence-corrected chi connectivity index (χ0v) is 15.3. The van der Waals surface area contributed by atoms with E-state index in [-0.39, 0.29) is 24.0 Å². The molecule has 0 aliphatic rings. The highest BCUT2D eigenvalue weighted by molar-refractivity contribution is 14.0.